The Hall–Kier alpha value is -1.14. The van der Waals surface area contributed by atoms with E-state index in [0.29, 0.717) is 12.3 Å². The van der Waals surface area contributed by atoms with Gasteiger partial charge in [0.25, 0.3) is 0 Å². The lowest BCUT2D eigenvalue weighted by Gasteiger charge is -2.20. The van der Waals surface area contributed by atoms with Gasteiger partial charge >= 0.3 is 6.18 Å². The van der Waals surface area contributed by atoms with Crippen molar-refractivity contribution < 1.29 is 17.6 Å². The minimum atomic E-state index is -4.70. The first-order valence-corrected chi connectivity index (χ1v) is 6.09. The molecular formula is C13H18F4N2. The van der Waals surface area contributed by atoms with Gasteiger partial charge < -0.3 is 0 Å². The van der Waals surface area contributed by atoms with Crippen molar-refractivity contribution in [3.05, 3.63) is 35.1 Å². The molecule has 1 aromatic rings. The Morgan fingerprint density at radius 1 is 1.21 bits per heavy atom. The summed E-state index contributed by atoms with van der Waals surface area (Å²) in [7, 11) is 0. The lowest BCUT2D eigenvalue weighted by atomic mass is 9.96. The van der Waals surface area contributed by atoms with Crippen molar-refractivity contribution in [3.8, 4) is 0 Å². The lowest BCUT2D eigenvalue weighted by molar-refractivity contribution is -0.140. The van der Waals surface area contributed by atoms with Crippen molar-refractivity contribution in [3.63, 3.8) is 0 Å². The van der Waals surface area contributed by atoms with Crippen LogP contribution in [-0.4, -0.2) is 0 Å². The van der Waals surface area contributed by atoms with Crippen molar-refractivity contribution in [2.45, 2.75) is 38.9 Å². The summed E-state index contributed by atoms with van der Waals surface area (Å²) < 4.78 is 51.8. The minimum absolute atomic E-state index is 0.0435. The molecule has 3 N–H and O–H groups in total. The second-order valence-electron chi connectivity index (χ2n) is 4.90. The Labute approximate surface area is 110 Å². The molecule has 0 aliphatic carbocycles. The highest BCUT2D eigenvalue weighted by molar-refractivity contribution is 5.30. The fraction of sp³-hybridized carbons (Fsp3) is 0.538. The van der Waals surface area contributed by atoms with Crippen LogP contribution in [-0.2, 0) is 6.18 Å². The molecule has 1 aromatic carbocycles. The average Bonchev–Trinajstić information content (AvgIpc) is 2.29. The van der Waals surface area contributed by atoms with Crippen molar-refractivity contribution in [2.24, 2.45) is 11.8 Å². The lowest BCUT2D eigenvalue weighted by Crippen LogP contribution is -2.29. The molecular weight excluding hydrogens is 260 g/mol. The van der Waals surface area contributed by atoms with Gasteiger partial charge in [-0.3, -0.25) is 11.3 Å². The zero-order valence-corrected chi connectivity index (χ0v) is 10.9. The molecule has 1 unspecified atom stereocenters. The van der Waals surface area contributed by atoms with Crippen LogP contribution in [0.3, 0.4) is 0 Å². The number of alkyl halides is 3. The van der Waals surface area contributed by atoms with Crippen LogP contribution in [0.4, 0.5) is 17.6 Å². The molecule has 0 amide bonds. The van der Waals surface area contributed by atoms with E-state index in [1.54, 1.807) is 0 Å². The molecule has 108 valence electrons. The van der Waals surface area contributed by atoms with E-state index in [9.17, 15) is 17.6 Å². The number of hydrogen-bond acceptors (Lipinski definition) is 2. The van der Waals surface area contributed by atoms with Crippen LogP contribution >= 0.6 is 0 Å². The molecule has 19 heavy (non-hydrogen) atoms. The fourth-order valence-corrected chi connectivity index (χ4v) is 1.87. The van der Waals surface area contributed by atoms with Crippen molar-refractivity contribution in [2.75, 3.05) is 0 Å². The van der Waals surface area contributed by atoms with Crippen LogP contribution < -0.4 is 11.3 Å². The van der Waals surface area contributed by atoms with Gasteiger partial charge in [0.15, 0.2) is 0 Å². The van der Waals surface area contributed by atoms with Crippen molar-refractivity contribution in [1.82, 2.24) is 5.43 Å². The zero-order chi connectivity index (χ0) is 14.6. The summed E-state index contributed by atoms with van der Waals surface area (Å²) >= 11 is 0. The summed E-state index contributed by atoms with van der Waals surface area (Å²) in [6.07, 6.45) is -3.48. The Morgan fingerprint density at radius 3 is 2.32 bits per heavy atom. The van der Waals surface area contributed by atoms with Crippen LogP contribution in [0.25, 0.3) is 0 Å². The van der Waals surface area contributed by atoms with Crippen LogP contribution in [0.5, 0.6) is 0 Å². The molecule has 1 atom stereocenters. The van der Waals surface area contributed by atoms with E-state index < -0.39 is 23.6 Å². The number of hydrazine groups is 1. The van der Waals surface area contributed by atoms with Gasteiger partial charge in [-0.25, -0.2) is 4.39 Å². The largest absolute Gasteiger partial charge is 0.419 e. The van der Waals surface area contributed by atoms with Gasteiger partial charge in [-0.05, 0) is 24.8 Å². The molecule has 1 rings (SSSR count). The molecule has 2 nitrogen and oxygen atoms in total. The predicted octanol–water partition coefficient (Wildman–Crippen LogP) is 3.79. The Morgan fingerprint density at radius 2 is 1.84 bits per heavy atom. The standard InChI is InChI=1S/C13H18F4N2/c1-8(2)6-7-11(19-18)9-4-3-5-10(12(9)14)13(15,16)17/h3-5,8,11,19H,6-7,18H2,1-2H3. The summed E-state index contributed by atoms with van der Waals surface area (Å²) in [4.78, 5) is 0. The van der Waals surface area contributed by atoms with Crippen molar-refractivity contribution >= 4 is 0 Å². The number of hydrogen-bond donors (Lipinski definition) is 2. The molecule has 6 heteroatoms. The Bertz CT molecular complexity index is 416. The number of benzene rings is 1. The van der Waals surface area contributed by atoms with Gasteiger partial charge in [0.1, 0.15) is 5.82 Å². The number of nitrogens with one attached hydrogen (secondary N) is 1. The molecule has 0 spiro atoms. The van der Waals surface area contributed by atoms with Gasteiger partial charge in [0.05, 0.1) is 5.56 Å². The molecule has 0 saturated carbocycles. The van der Waals surface area contributed by atoms with Crippen LogP contribution in [0.1, 0.15) is 43.9 Å². The molecule has 0 radical (unpaired) electrons. The molecule has 0 aliphatic heterocycles. The summed E-state index contributed by atoms with van der Waals surface area (Å²) in [5.41, 5.74) is 1.09. The van der Waals surface area contributed by atoms with Crippen LogP contribution in [0.15, 0.2) is 18.2 Å². The zero-order valence-electron chi connectivity index (χ0n) is 10.9. The summed E-state index contributed by atoms with van der Waals surface area (Å²) in [6, 6.07) is 2.63. The van der Waals surface area contributed by atoms with E-state index in [4.69, 9.17) is 5.84 Å². The van der Waals surface area contributed by atoms with Crippen LogP contribution in [0, 0.1) is 11.7 Å². The van der Waals surface area contributed by atoms with E-state index in [-0.39, 0.29) is 5.56 Å². The first kappa shape index (κ1) is 15.9. The van der Waals surface area contributed by atoms with Crippen LogP contribution in [0.2, 0.25) is 0 Å². The van der Waals surface area contributed by atoms with Gasteiger partial charge in [0, 0.05) is 11.6 Å². The van der Waals surface area contributed by atoms with Gasteiger partial charge in [-0.15, -0.1) is 0 Å². The SMILES string of the molecule is CC(C)CCC(NN)c1cccc(C(F)(F)F)c1F. The third-order valence-corrected chi connectivity index (χ3v) is 2.94. The Kier molecular flexibility index (Phi) is 5.31. The second-order valence-corrected chi connectivity index (χ2v) is 4.90. The maximum absolute atomic E-state index is 13.9. The van der Waals surface area contributed by atoms with E-state index in [2.05, 4.69) is 5.43 Å². The predicted molar refractivity (Wildman–Crippen MR) is 65.5 cm³/mol. The normalized spacial score (nSPS) is 13.9. The highest BCUT2D eigenvalue weighted by Gasteiger charge is 2.35. The second kappa shape index (κ2) is 6.34. The molecule has 0 aromatic heterocycles. The van der Waals surface area contributed by atoms with Gasteiger partial charge in [-0.1, -0.05) is 26.0 Å². The smallest absolute Gasteiger partial charge is 0.271 e. The van der Waals surface area contributed by atoms with E-state index in [1.165, 1.54) is 12.1 Å². The maximum atomic E-state index is 13.9. The summed E-state index contributed by atoms with van der Waals surface area (Å²) in [5, 5.41) is 0. The number of nitrogens with two attached hydrogens (primary N) is 1. The molecule has 0 saturated heterocycles. The molecule has 0 bridgehead atoms. The highest BCUT2D eigenvalue weighted by atomic mass is 19.4. The third-order valence-electron chi connectivity index (χ3n) is 2.94. The van der Waals surface area contributed by atoms with Crippen molar-refractivity contribution in [1.29, 1.82) is 0 Å². The number of rotatable bonds is 5. The third kappa shape index (κ3) is 4.18. The first-order chi connectivity index (χ1) is 8.77. The minimum Gasteiger partial charge on any atom is -0.271 e. The monoisotopic (exact) mass is 278 g/mol. The van der Waals surface area contributed by atoms with E-state index >= 15 is 0 Å². The quantitative estimate of drug-likeness (QED) is 0.488. The van der Waals surface area contributed by atoms with E-state index in [1.807, 2.05) is 13.8 Å². The topological polar surface area (TPSA) is 38.0 Å². The molecule has 0 fully saturated rings. The number of halogens is 4. The fourth-order valence-electron chi connectivity index (χ4n) is 1.87. The first-order valence-electron chi connectivity index (χ1n) is 6.09. The van der Waals surface area contributed by atoms with E-state index in [0.717, 1.165) is 12.5 Å². The maximum Gasteiger partial charge on any atom is 0.419 e. The Balaban J connectivity index is 3.05. The van der Waals surface area contributed by atoms with Gasteiger partial charge in [0.2, 0.25) is 0 Å². The summed E-state index contributed by atoms with van der Waals surface area (Å²) in [5.74, 6) is 4.44. The highest BCUT2D eigenvalue weighted by Crippen LogP contribution is 2.34. The van der Waals surface area contributed by atoms with Gasteiger partial charge in [-0.2, -0.15) is 13.2 Å². The summed E-state index contributed by atoms with van der Waals surface area (Å²) in [6.45, 7) is 3.96. The molecule has 0 aliphatic rings. The molecule has 0 heterocycles. The average molecular weight is 278 g/mol.